The minimum absolute atomic E-state index is 0.0381. The highest BCUT2D eigenvalue weighted by Gasteiger charge is 2.45. The standard InChI is InChI=1S/C18H25N3O3/c1-20(2)16(22)15-8-9-18(24-15)10-12-21(13-11-18)17(23)19-14-6-4-3-5-7-14/h3-7,15H,8-13H2,1-2H3,(H,19,23)/t15-/m0/s1. The predicted octanol–water partition coefficient (Wildman–Crippen LogP) is 2.32. The first-order valence-electron chi connectivity index (χ1n) is 8.49. The summed E-state index contributed by atoms with van der Waals surface area (Å²) in [5.74, 6) is 0.0381. The molecule has 3 amide bonds. The predicted molar refractivity (Wildman–Crippen MR) is 91.8 cm³/mol. The summed E-state index contributed by atoms with van der Waals surface area (Å²) in [6.07, 6.45) is 2.90. The average Bonchev–Trinajstić information content (AvgIpc) is 2.99. The lowest BCUT2D eigenvalue weighted by Crippen LogP contribution is -2.48. The number of anilines is 1. The fraction of sp³-hybridized carbons (Fsp3) is 0.556. The highest BCUT2D eigenvalue weighted by atomic mass is 16.5. The largest absolute Gasteiger partial charge is 0.362 e. The lowest BCUT2D eigenvalue weighted by molar-refractivity contribution is -0.148. The van der Waals surface area contributed by atoms with Gasteiger partial charge >= 0.3 is 6.03 Å². The van der Waals surface area contributed by atoms with Gasteiger partial charge in [-0.2, -0.15) is 0 Å². The molecule has 2 fully saturated rings. The van der Waals surface area contributed by atoms with E-state index >= 15 is 0 Å². The van der Waals surface area contributed by atoms with Crippen molar-refractivity contribution in [3.05, 3.63) is 30.3 Å². The van der Waals surface area contributed by atoms with Crippen molar-refractivity contribution in [3.63, 3.8) is 0 Å². The van der Waals surface area contributed by atoms with Crippen molar-refractivity contribution in [3.8, 4) is 0 Å². The van der Waals surface area contributed by atoms with Crippen LogP contribution in [-0.4, -0.2) is 60.6 Å². The van der Waals surface area contributed by atoms with Gasteiger partial charge < -0.3 is 19.9 Å². The van der Waals surface area contributed by atoms with E-state index in [-0.39, 0.29) is 23.6 Å². The molecule has 0 bridgehead atoms. The molecule has 0 aromatic heterocycles. The smallest absolute Gasteiger partial charge is 0.321 e. The van der Waals surface area contributed by atoms with Crippen molar-refractivity contribution in [2.24, 2.45) is 0 Å². The molecular formula is C18H25N3O3. The molecule has 1 spiro atoms. The zero-order valence-corrected chi connectivity index (χ0v) is 14.3. The first kappa shape index (κ1) is 16.8. The number of urea groups is 1. The number of nitrogens with one attached hydrogen (secondary N) is 1. The van der Waals surface area contributed by atoms with Crippen molar-refractivity contribution in [2.75, 3.05) is 32.5 Å². The summed E-state index contributed by atoms with van der Waals surface area (Å²) >= 11 is 0. The van der Waals surface area contributed by atoms with Crippen molar-refractivity contribution in [2.45, 2.75) is 37.4 Å². The van der Waals surface area contributed by atoms with Gasteiger partial charge in [0.15, 0.2) is 0 Å². The molecule has 6 nitrogen and oxygen atoms in total. The maximum absolute atomic E-state index is 12.3. The highest BCUT2D eigenvalue weighted by Crippen LogP contribution is 2.39. The Morgan fingerprint density at radius 1 is 1.17 bits per heavy atom. The molecule has 2 saturated heterocycles. The van der Waals surface area contributed by atoms with Crippen molar-refractivity contribution in [1.82, 2.24) is 9.80 Å². The third-order valence-electron chi connectivity index (χ3n) is 4.96. The summed E-state index contributed by atoms with van der Waals surface area (Å²) in [5, 5.41) is 2.92. The highest BCUT2D eigenvalue weighted by molar-refractivity contribution is 5.89. The molecule has 3 rings (SSSR count). The Hall–Kier alpha value is -2.08. The Morgan fingerprint density at radius 2 is 1.83 bits per heavy atom. The van der Waals surface area contributed by atoms with E-state index in [4.69, 9.17) is 4.74 Å². The van der Waals surface area contributed by atoms with Crippen LogP contribution in [0.3, 0.4) is 0 Å². The van der Waals surface area contributed by atoms with Gasteiger partial charge in [-0.25, -0.2) is 4.79 Å². The van der Waals surface area contributed by atoms with Gasteiger partial charge in [0.25, 0.3) is 5.91 Å². The van der Waals surface area contributed by atoms with Crippen LogP contribution in [0, 0.1) is 0 Å². The van der Waals surface area contributed by atoms with E-state index in [2.05, 4.69) is 5.32 Å². The number of nitrogens with zero attached hydrogens (tertiary/aromatic N) is 2. The van der Waals surface area contributed by atoms with Gasteiger partial charge in [-0.15, -0.1) is 0 Å². The molecule has 2 aliphatic heterocycles. The number of para-hydroxylation sites is 1. The molecule has 0 aliphatic carbocycles. The third-order valence-corrected chi connectivity index (χ3v) is 4.96. The molecule has 1 N–H and O–H groups in total. The van der Waals surface area contributed by atoms with Gasteiger partial charge in [0, 0.05) is 32.9 Å². The monoisotopic (exact) mass is 331 g/mol. The molecule has 1 aromatic rings. The Kier molecular flexibility index (Phi) is 4.76. The lowest BCUT2D eigenvalue weighted by Gasteiger charge is -2.39. The van der Waals surface area contributed by atoms with Gasteiger partial charge in [0.2, 0.25) is 0 Å². The number of likely N-dealkylation sites (N-methyl/N-ethyl adjacent to an activating group) is 1. The summed E-state index contributed by atoms with van der Waals surface area (Å²) in [6, 6.07) is 9.39. The van der Waals surface area contributed by atoms with Crippen molar-refractivity contribution >= 4 is 17.6 Å². The zero-order valence-electron chi connectivity index (χ0n) is 14.3. The number of piperidine rings is 1. The molecule has 2 heterocycles. The summed E-state index contributed by atoms with van der Waals surface area (Å²) < 4.78 is 6.11. The van der Waals surface area contributed by atoms with Crippen molar-refractivity contribution in [1.29, 1.82) is 0 Å². The van der Waals surface area contributed by atoms with Gasteiger partial charge in [-0.1, -0.05) is 18.2 Å². The quantitative estimate of drug-likeness (QED) is 0.905. The van der Waals surface area contributed by atoms with Crippen molar-refractivity contribution < 1.29 is 14.3 Å². The second-order valence-corrected chi connectivity index (χ2v) is 6.84. The Balaban J connectivity index is 1.53. The van der Waals surface area contributed by atoms with E-state index in [9.17, 15) is 9.59 Å². The Morgan fingerprint density at radius 3 is 2.46 bits per heavy atom. The number of carbonyl (C=O) groups is 2. The molecule has 6 heteroatoms. The van der Waals surface area contributed by atoms with Gasteiger partial charge in [-0.3, -0.25) is 4.79 Å². The Bertz CT molecular complexity index is 595. The van der Waals surface area contributed by atoms with Crippen LogP contribution in [0.5, 0.6) is 0 Å². The minimum atomic E-state index is -0.329. The van der Waals surface area contributed by atoms with Crippen LogP contribution < -0.4 is 5.32 Å². The van der Waals surface area contributed by atoms with E-state index in [1.54, 1.807) is 19.0 Å². The van der Waals surface area contributed by atoms with Crippen LogP contribution in [0.2, 0.25) is 0 Å². The summed E-state index contributed by atoms with van der Waals surface area (Å²) in [7, 11) is 3.51. The first-order valence-corrected chi connectivity index (χ1v) is 8.49. The number of hydrogen-bond acceptors (Lipinski definition) is 3. The molecule has 2 aliphatic rings. The fourth-order valence-corrected chi connectivity index (χ4v) is 3.48. The van der Waals surface area contributed by atoms with Crippen LogP contribution >= 0.6 is 0 Å². The normalized spacial score (nSPS) is 22.4. The summed E-state index contributed by atoms with van der Waals surface area (Å²) in [4.78, 5) is 27.8. The van der Waals surface area contributed by atoms with Crippen LogP contribution in [-0.2, 0) is 9.53 Å². The van der Waals surface area contributed by atoms with Crippen LogP contribution in [0.4, 0.5) is 10.5 Å². The molecule has 1 atom stereocenters. The van der Waals surface area contributed by atoms with Gasteiger partial charge in [-0.05, 0) is 37.8 Å². The van der Waals surface area contributed by atoms with Crippen LogP contribution in [0.1, 0.15) is 25.7 Å². The van der Waals surface area contributed by atoms with Crippen LogP contribution in [0.25, 0.3) is 0 Å². The number of amides is 3. The van der Waals surface area contributed by atoms with E-state index < -0.39 is 0 Å². The molecule has 0 saturated carbocycles. The maximum Gasteiger partial charge on any atom is 0.321 e. The first-order chi connectivity index (χ1) is 11.5. The molecular weight excluding hydrogens is 306 g/mol. The number of ether oxygens (including phenoxy) is 1. The number of benzene rings is 1. The topological polar surface area (TPSA) is 61.9 Å². The fourth-order valence-electron chi connectivity index (χ4n) is 3.48. The van der Waals surface area contributed by atoms with Gasteiger partial charge in [0.1, 0.15) is 6.10 Å². The maximum atomic E-state index is 12.3. The van der Waals surface area contributed by atoms with Gasteiger partial charge in [0.05, 0.1) is 5.60 Å². The second kappa shape index (κ2) is 6.81. The zero-order chi connectivity index (χ0) is 17.2. The lowest BCUT2D eigenvalue weighted by atomic mass is 9.88. The molecule has 0 unspecified atom stereocenters. The van der Waals surface area contributed by atoms with E-state index in [0.29, 0.717) is 13.1 Å². The van der Waals surface area contributed by atoms with E-state index in [1.807, 2.05) is 35.2 Å². The molecule has 0 radical (unpaired) electrons. The molecule has 24 heavy (non-hydrogen) atoms. The summed E-state index contributed by atoms with van der Waals surface area (Å²) in [5.41, 5.74) is 0.566. The average molecular weight is 331 g/mol. The third kappa shape index (κ3) is 3.53. The van der Waals surface area contributed by atoms with Crippen LogP contribution in [0.15, 0.2) is 30.3 Å². The van der Waals surface area contributed by atoms with E-state index in [0.717, 1.165) is 31.4 Å². The second-order valence-electron chi connectivity index (χ2n) is 6.84. The number of hydrogen-bond donors (Lipinski definition) is 1. The van der Waals surface area contributed by atoms with E-state index in [1.165, 1.54) is 0 Å². The SMILES string of the molecule is CN(C)C(=O)[C@@H]1CCC2(CCN(C(=O)Nc3ccccc3)CC2)O1. The number of likely N-dealkylation sites (tertiary alicyclic amines) is 1. The number of rotatable bonds is 2. The molecule has 1 aromatic carbocycles. The molecule has 130 valence electrons. The number of carbonyl (C=O) groups excluding carboxylic acids is 2. The summed E-state index contributed by atoms with van der Waals surface area (Å²) in [6.45, 7) is 1.31. The Labute approximate surface area is 142 Å². The minimum Gasteiger partial charge on any atom is -0.362 e.